The Balaban J connectivity index is 2.40. The van der Waals surface area contributed by atoms with Crippen molar-refractivity contribution < 1.29 is 0 Å². The summed E-state index contributed by atoms with van der Waals surface area (Å²) < 4.78 is 0. The van der Waals surface area contributed by atoms with Crippen molar-refractivity contribution in [2.45, 2.75) is 0 Å². The molecule has 27 valence electrons. The lowest BCUT2D eigenvalue weighted by atomic mass is 10.7. The van der Waals surface area contributed by atoms with Gasteiger partial charge in [-0.25, -0.2) is 0 Å². The van der Waals surface area contributed by atoms with E-state index >= 15 is 0 Å². The van der Waals surface area contributed by atoms with E-state index in [9.17, 15) is 0 Å². The highest BCUT2D eigenvalue weighted by atomic mass is 28.2. The molecule has 0 atom stereocenters. The quantitative estimate of drug-likeness (QED) is 0.362. The molecular formula is C3H6NSi. The molecule has 0 saturated heterocycles. The summed E-state index contributed by atoms with van der Waals surface area (Å²) in [7, 11) is 3.03. The molecule has 0 rings (SSSR count). The third kappa shape index (κ3) is 3.92. The minimum absolute atomic E-state index is 0.816. The largest absolute Gasteiger partial charge is 0.337 e. The Bertz CT molecular complexity index is 28.1. The van der Waals surface area contributed by atoms with E-state index in [1.54, 1.807) is 6.08 Å². The molecule has 0 spiro atoms. The predicted octanol–water partition coefficient (Wildman–Crippen LogP) is -0.155. The predicted molar refractivity (Wildman–Crippen MR) is 24.0 cm³/mol. The van der Waals surface area contributed by atoms with E-state index in [2.05, 4.69) is 22.0 Å². The van der Waals surface area contributed by atoms with Gasteiger partial charge in [-0.15, -0.1) is 6.58 Å². The van der Waals surface area contributed by atoms with E-state index in [0.29, 0.717) is 0 Å². The summed E-state index contributed by atoms with van der Waals surface area (Å²) in [6.07, 6.45) is 1.77. The summed E-state index contributed by atoms with van der Waals surface area (Å²) in [6, 6.07) is 0. The molecule has 0 fully saturated rings. The maximum atomic E-state index is 3.46. The van der Waals surface area contributed by atoms with Gasteiger partial charge < -0.3 is 4.98 Å². The lowest BCUT2D eigenvalue weighted by Gasteiger charge is -1.78. The summed E-state index contributed by atoms with van der Waals surface area (Å²) in [4.78, 5) is 2.70. The van der Waals surface area contributed by atoms with Crippen LogP contribution in [0, 0.1) is 0 Å². The monoisotopic (exact) mass is 84.0 g/mol. The molecule has 0 aromatic rings. The zero-order valence-corrected chi connectivity index (χ0v) is 3.99. The van der Waals surface area contributed by atoms with E-state index in [1.807, 2.05) is 0 Å². The van der Waals surface area contributed by atoms with Crippen molar-refractivity contribution in [1.29, 1.82) is 0 Å². The van der Waals surface area contributed by atoms with Crippen molar-refractivity contribution in [3.8, 4) is 0 Å². The van der Waals surface area contributed by atoms with E-state index in [1.165, 1.54) is 0 Å². The molecule has 1 N–H and O–H groups in total. The molecule has 3 radical (unpaired) electrons. The first kappa shape index (κ1) is 4.92. The molecule has 0 saturated carbocycles. The molecule has 1 nitrogen and oxygen atoms in total. The fourth-order valence-corrected chi connectivity index (χ4v) is 0.217. The minimum Gasteiger partial charge on any atom is -0.337 e. The Morgan fingerprint density at radius 2 is 2.60 bits per heavy atom. The minimum atomic E-state index is 0.816. The number of nitrogens with one attached hydrogen (secondary N) is 1. The fourth-order valence-electron chi connectivity index (χ4n) is 0.0722. The lowest BCUT2D eigenvalue weighted by molar-refractivity contribution is 1.11. The standard InChI is InChI=1S/C3H6NSi/c1-2-3-4-5/h2,4H,1,3H2. The Labute approximate surface area is 35.6 Å². The molecule has 0 aliphatic rings. The van der Waals surface area contributed by atoms with Crippen LogP contribution in [0.1, 0.15) is 0 Å². The number of hydrogen-bond acceptors (Lipinski definition) is 1. The van der Waals surface area contributed by atoms with Crippen LogP contribution in [-0.2, 0) is 0 Å². The summed E-state index contributed by atoms with van der Waals surface area (Å²) in [5, 5.41) is 0. The molecule has 0 unspecified atom stereocenters. The second-order valence-electron chi connectivity index (χ2n) is 0.670. The summed E-state index contributed by atoms with van der Waals surface area (Å²) in [6.45, 7) is 4.27. The molecule has 5 heavy (non-hydrogen) atoms. The van der Waals surface area contributed by atoms with Crippen molar-refractivity contribution in [3.63, 3.8) is 0 Å². The molecule has 0 amide bonds. The maximum Gasteiger partial charge on any atom is 0.140 e. The van der Waals surface area contributed by atoms with Gasteiger partial charge in [0.25, 0.3) is 0 Å². The topological polar surface area (TPSA) is 12.0 Å². The first-order valence-corrected chi connectivity index (χ1v) is 1.92. The zero-order chi connectivity index (χ0) is 4.12. The normalized spacial score (nSPS) is 7.40. The second-order valence-corrected chi connectivity index (χ2v) is 1.02. The van der Waals surface area contributed by atoms with Crippen LogP contribution in [0.4, 0.5) is 0 Å². The van der Waals surface area contributed by atoms with Crippen LogP contribution in [-0.4, -0.2) is 16.9 Å². The highest BCUT2D eigenvalue weighted by Gasteiger charge is 1.57. The molecular weight excluding hydrogens is 78.1 g/mol. The molecule has 0 bridgehead atoms. The Hall–Kier alpha value is -0.0831. The molecule has 2 heteroatoms. The van der Waals surface area contributed by atoms with Crippen molar-refractivity contribution in [1.82, 2.24) is 4.98 Å². The van der Waals surface area contributed by atoms with E-state index in [0.717, 1.165) is 6.54 Å². The van der Waals surface area contributed by atoms with Crippen LogP contribution in [0.15, 0.2) is 12.7 Å². The molecule has 0 heterocycles. The van der Waals surface area contributed by atoms with E-state index < -0.39 is 0 Å². The SMILES string of the molecule is C=CCN[Si]. The van der Waals surface area contributed by atoms with Crippen molar-refractivity contribution in [3.05, 3.63) is 12.7 Å². The third-order valence-corrected chi connectivity index (χ3v) is 0.451. The summed E-state index contributed by atoms with van der Waals surface area (Å²) >= 11 is 0. The van der Waals surface area contributed by atoms with Crippen molar-refractivity contribution in [2.75, 3.05) is 6.54 Å². The molecule has 0 aliphatic carbocycles. The highest BCUT2D eigenvalue weighted by Crippen LogP contribution is 1.47. The zero-order valence-electron chi connectivity index (χ0n) is 2.99. The van der Waals surface area contributed by atoms with Gasteiger partial charge in [-0.3, -0.25) is 0 Å². The maximum absolute atomic E-state index is 3.46. The number of hydrogen-bond donors (Lipinski definition) is 1. The second kappa shape index (κ2) is 3.92. The van der Waals surface area contributed by atoms with Crippen LogP contribution in [0.2, 0.25) is 0 Å². The average Bonchev–Trinajstić information content (AvgIpc) is 1.41. The van der Waals surface area contributed by atoms with Crippen LogP contribution >= 0.6 is 0 Å². The van der Waals surface area contributed by atoms with Gasteiger partial charge in [0.2, 0.25) is 0 Å². The van der Waals surface area contributed by atoms with Gasteiger partial charge in [0.05, 0.1) is 0 Å². The van der Waals surface area contributed by atoms with E-state index in [4.69, 9.17) is 0 Å². The first-order chi connectivity index (χ1) is 2.41. The van der Waals surface area contributed by atoms with Gasteiger partial charge in [0, 0.05) is 6.54 Å². The summed E-state index contributed by atoms with van der Waals surface area (Å²) in [5.41, 5.74) is 0. The van der Waals surface area contributed by atoms with E-state index in [-0.39, 0.29) is 0 Å². The van der Waals surface area contributed by atoms with Crippen molar-refractivity contribution in [2.24, 2.45) is 0 Å². The van der Waals surface area contributed by atoms with Crippen LogP contribution in [0.3, 0.4) is 0 Å². The highest BCUT2D eigenvalue weighted by molar-refractivity contribution is 6.04. The Kier molecular flexibility index (Phi) is 3.85. The van der Waals surface area contributed by atoms with Gasteiger partial charge in [0.15, 0.2) is 0 Å². The first-order valence-electron chi connectivity index (χ1n) is 1.42. The van der Waals surface area contributed by atoms with Crippen LogP contribution in [0.5, 0.6) is 0 Å². The molecule has 0 aliphatic heterocycles. The van der Waals surface area contributed by atoms with Gasteiger partial charge in [-0.1, -0.05) is 6.08 Å². The Morgan fingerprint density at radius 1 is 2.00 bits per heavy atom. The Morgan fingerprint density at radius 3 is 2.60 bits per heavy atom. The van der Waals surface area contributed by atoms with Crippen LogP contribution < -0.4 is 4.98 Å². The number of rotatable bonds is 2. The molecule has 0 aromatic carbocycles. The van der Waals surface area contributed by atoms with Gasteiger partial charge in [0.1, 0.15) is 10.4 Å². The van der Waals surface area contributed by atoms with Crippen LogP contribution in [0.25, 0.3) is 0 Å². The van der Waals surface area contributed by atoms with Gasteiger partial charge in [-0.2, -0.15) is 0 Å². The van der Waals surface area contributed by atoms with Gasteiger partial charge in [-0.05, 0) is 0 Å². The van der Waals surface area contributed by atoms with Crippen molar-refractivity contribution >= 4 is 10.4 Å². The summed E-state index contributed by atoms with van der Waals surface area (Å²) in [5.74, 6) is 0. The van der Waals surface area contributed by atoms with Gasteiger partial charge >= 0.3 is 0 Å². The fraction of sp³-hybridized carbons (Fsp3) is 0.333. The third-order valence-electron chi connectivity index (χ3n) is 0.246. The average molecular weight is 84.2 g/mol. The lowest BCUT2D eigenvalue weighted by Crippen LogP contribution is -2.05. The smallest absolute Gasteiger partial charge is 0.140 e. The molecule has 0 aromatic heterocycles.